The highest BCUT2D eigenvalue weighted by Gasteiger charge is 2.35. The molecule has 0 aliphatic carbocycles. The molecule has 2 aliphatic heterocycles. The standard InChI is InChI=1S/C42H42N6O3S/c49-41(47-25-9-17-35(47)39-43-37(45-50-39)19-7-15-29-11-3-1-4-12-29)33-23-21-32-28-34(24-22-31(32)27-33)42(52)48-26-10-18-36(48)40-44-38(46-51-40)20-8-16-30-13-5-2-6-14-30/h1-6,11-14,21-24,27-28,35-36H,7-10,15-20,25-26H2/t35-,36-/m0/s1. The van der Waals surface area contributed by atoms with Gasteiger partial charge < -0.3 is 18.8 Å². The van der Waals surface area contributed by atoms with Crippen molar-refractivity contribution in [3.05, 3.63) is 143 Å². The van der Waals surface area contributed by atoms with Crippen molar-refractivity contribution in [3.63, 3.8) is 0 Å². The van der Waals surface area contributed by atoms with Crippen LogP contribution in [0.2, 0.25) is 0 Å². The van der Waals surface area contributed by atoms with E-state index in [0.717, 1.165) is 97.9 Å². The summed E-state index contributed by atoms with van der Waals surface area (Å²) in [5, 5.41) is 10.6. The molecule has 9 nitrogen and oxygen atoms in total. The summed E-state index contributed by atoms with van der Waals surface area (Å²) >= 11 is 6.05. The summed E-state index contributed by atoms with van der Waals surface area (Å²) in [4.78, 5) is 28.2. The summed E-state index contributed by atoms with van der Waals surface area (Å²) in [6, 6.07) is 32.8. The van der Waals surface area contributed by atoms with E-state index in [1.54, 1.807) is 0 Å². The van der Waals surface area contributed by atoms with E-state index in [0.29, 0.717) is 29.7 Å². The van der Waals surface area contributed by atoms with Gasteiger partial charge in [-0.25, -0.2) is 0 Å². The van der Waals surface area contributed by atoms with E-state index in [1.807, 2.05) is 41.3 Å². The van der Waals surface area contributed by atoms with Gasteiger partial charge in [0.15, 0.2) is 11.6 Å². The molecule has 8 rings (SSSR count). The number of rotatable bonds is 12. The Labute approximate surface area is 309 Å². The van der Waals surface area contributed by atoms with E-state index in [-0.39, 0.29) is 18.0 Å². The number of aromatic nitrogens is 4. The first-order valence-corrected chi connectivity index (χ1v) is 18.9. The molecule has 2 aliphatic rings. The monoisotopic (exact) mass is 710 g/mol. The second kappa shape index (κ2) is 15.6. The molecule has 2 fully saturated rings. The summed E-state index contributed by atoms with van der Waals surface area (Å²) in [7, 11) is 0. The minimum atomic E-state index is -0.212. The Morgan fingerprint density at radius 3 is 1.71 bits per heavy atom. The Balaban J connectivity index is 0.898. The van der Waals surface area contributed by atoms with Crippen molar-refractivity contribution in [1.29, 1.82) is 0 Å². The lowest BCUT2D eigenvalue weighted by Gasteiger charge is -2.25. The third-order valence-corrected chi connectivity index (χ3v) is 10.8. The number of nitrogens with zero attached hydrogens (tertiary/aromatic N) is 6. The molecule has 0 saturated carbocycles. The van der Waals surface area contributed by atoms with Crippen LogP contribution >= 0.6 is 12.2 Å². The number of benzene rings is 4. The van der Waals surface area contributed by atoms with Crippen LogP contribution in [0.15, 0.2) is 106 Å². The zero-order valence-corrected chi connectivity index (χ0v) is 30.0. The average molecular weight is 711 g/mol. The molecule has 0 unspecified atom stereocenters. The van der Waals surface area contributed by atoms with E-state index in [4.69, 9.17) is 31.2 Å². The van der Waals surface area contributed by atoms with Gasteiger partial charge in [0.2, 0.25) is 11.8 Å². The highest BCUT2D eigenvalue weighted by molar-refractivity contribution is 7.80. The number of amides is 1. The number of carbonyl (C=O) groups is 1. The second-order valence-electron chi connectivity index (χ2n) is 13.9. The predicted molar refractivity (Wildman–Crippen MR) is 203 cm³/mol. The van der Waals surface area contributed by atoms with Crippen molar-refractivity contribution in [1.82, 2.24) is 30.1 Å². The maximum atomic E-state index is 13.8. The molecule has 2 atom stereocenters. The summed E-state index contributed by atoms with van der Waals surface area (Å²) in [6.07, 6.45) is 8.99. The molecule has 0 radical (unpaired) electrons. The molecule has 0 spiro atoms. The largest absolute Gasteiger partial charge is 0.350 e. The molecule has 4 heterocycles. The van der Waals surface area contributed by atoms with Crippen molar-refractivity contribution in [2.45, 2.75) is 76.3 Å². The first kappa shape index (κ1) is 33.9. The molecule has 264 valence electrons. The van der Waals surface area contributed by atoms with Crippen LogP contribution in [0.25, 0.3) is 10.8 Å². The van der Waals surface area contributed by atoms with Crippen LogP contribution in [0.3, 0.4) is 0 Å². The SMILES string of the molecule is O=C(c1ccc2cc(C(=S)N3CCC[C@H]3c3nc(CCCc4ccccc4)no3)ccc2c1)N1CCC[C@H]1c1nc(CCCc2ccccc2)no1. The Kier molecular flexibility index (Phi) is 10.2. The summed E-state index contributed by atoms with van der Waals surface area (Å²) in [5.74, 6) is 2.59. The Bertz CT molecular complexity index is 2000. The summed E-state index contributed by atoms with van der Waals surface area (Å²) < 4.78 is 11.5. The summed E-state index contributed by atoms with van der Waals surface area (Å²) in [6.45, 7) is 1.50. The van der Waals surface area contributed by atoms with Crippen molar-refractivity contribution >= 4 is 33.9 Å². The topological polar surface area (TPSA) is 101 Å². The fraction of sp³-hybridized carbons (Fsp3) is 0.333. The molecule has 0 bridgehead atoms. The number of thiocarbonyl (C=S) groups is 1. The van der Waals surface area contributed by atoms with Gasteiger partial charge in [-0.3, -0.25) is 4.79 Å². The van der Waals surface area contributed by atoms with Crippen LogP contribution < -0.4 is 0 Å². The number of carbonyl (C=O) groups excluding carboxylic acids is 1. The summed E-state index contributed by atoms with van der Waals surface area (Å²) in [5.41, 5.74) is 4.23. The molecule has 0 N–H and O–H groups in total. The van der Waals surface area contributed by atoms with Gasteiger partial charge in [0.05, 0.1) is 0 Å². The number of hydrogen-bond donors (Lipinski definition) is 0. The minimum Gasteiger partial charge on any atom is -0.350 e. The molecule has 1 amide bonds. The molecular weight excluding hydrogens is 669 g/mol. The van der Waals surface area contributed by atoms with Gasteiger partial charge in [0, 0.05) is 37.1 Å². The van der Waals surface area contributed by atoms with Crippen LogP contribution in [-0.4, -0.2) is 54.1 Å². The first-order valence-electron chi connectivity index (χ1n) is 18.5. The van der Waals surface area contributed by atoms with Crippen molar-refractivity contribution in [3.8, 4) is 0 Å². The lowest BCUT2D eigenvalue weighted by molar-refractivity contribution is 0.0710. The van der Waals surface area contributed by atoms with Gasteiger partial charge in [-0.1, -0.05) is 101 Å². The molecular formula is C42H42N6O3S. The van der Waals surface area contributed by atoms with E-state index >= 15 is 0 Å². The van der Waals surface area contributed by atoms with Crippen molar-refractivity contribution in [2.24, 2.45) is 0 Å². The highest BCUT2D eigenvalue weighted by Crippen LogP contribution is 2.35. The van der Waals surface area contributed by atoms with Gasteiger partial charge in [-0.05, 0) is 91.5 Å². The fourth-order valence-corrected chi connectivity index (χ4v) is 7.92. The predicted octanol–water partition coefficient (Wildman–Crippen LogP) is 8.45. The van der Waals surface area contributed by atoms with E-state index in [9.17, 15) is 4.79 Å². The lowest BCUT2D eigenvalue weighted by Crippen LogP contribution is -2.30. The van der Waals surface area contributed by atoms with Gasteiger partial charge in [0.1, 0.15) is 17.1 Å². The number of likely N-dealkylation sites (tertiary alicyclic amines) is 2. The minimum absolute atomic E-state index is 0.0216. The van der Waals surface area contributed by atoms with Gasteiger partial charge in [-0.15, -0.1) is 0 Å². The lowest BCUT2D eigenvalue weighted by atomic mass is 10.0. The maximum absolute atomic E-state index is 13.8. The molecule has 4 aromatic carbocycles. The average Bonchev–Trinajstić information content (AvgIpc) is 4.02. The third-order valence-electron chi connectivity index (χ3n) is 10.3. The quantitative estimate of drug-likeness (QED) is 0.116. The second-order valence-corrected chi connectivity index (χ2v) is 14.3. The first-order chi connectivity index (χ1) is 25.6. The third kappa shape index (κ3) is 7.53. The normalized spacial score (nSPS) is 17.3. The van der Waals surface area contributed by atoms with Crippen LogP contribution in [-0.2, 0) is 25.7 Å². The molecule has 10 heteroatoms. The number of fused-ring (bicyclic) bond motifs is 1. The van der Waals surface area contributed by atoms with E-state index < -0.39 is 0 Å². The van der Waals surface area contributed by atoms with Gasteiger partial charge >= 0.3 is 0 Å². The molecule has 2 aromatic heterocycles. The smallest absolute Gasteiger partial charge is 0.254 e. The van der Waals surface area contributed by atoms with Crippen LogP contribution in [0.1, 0.15) is 101 Å². The van der Waals surface area contributed by atoms with E-state index in [1.165, 1.54) is 11.1 Å². The zero-order chi connectivity index (χ0) is 35.3. The number of hydrogen-bond acceptors (Lipinski definition) is 8. The van der Waals surface area contributed by atoms with Crippen LogP contribution in [0.5, 0.6) is 0 Å². The molecule has 2 saturated heterocycles. The Hall–Kier alpha value is -5.22. The maximum Gasteiger partial charge on any atom is 0.254 e. The van der Waals surface area contributed by atoms with Crippen molar-refractivity contribution in [2.75, 3.05) is 13.1 Å². The molecule has 52 heavy (non-hydrogen) atoms. The van der Waals surface area contributed by atoms with Crippen molar-refractivity contribution < 1.29 is 13.8 Å². The Morgan fingerprint density at radius 2 is 1.13 bits per heavy atom. The number of aryl methyl sites for hydroxylation is 4. The van der Waals surface area contributed by atoms with Crippen LogP contribution in [0.4, 0.5) is 0 Å². The highest BCUT2D eigenvalue weighted by atomic mass is 32.1. The van der Waals surface area contributed by atoms with Gasteiger partial charge in [-0.2, -0.15) is 9.97 Å². The zero-order valence-electron chi connectivity index (χ0n) is 29.2. The van der Waals surface area contributed by atoms with Gasteiger partial charge in [0.25, 0.3) is 5.91 Å². The van der Waals surface area contributed by atoms with Crippen LogP contribution in [0, 0.1) is 0 Å². The molecule has 6 aromatic rings. The fourth-order valence-electron chi connectivity index (χ4n) is 7.58. The Morgan fingerprint density at radius 1 is 0.635 bits per heavy atom. The van der Waals surface area contributed by atoms with E-state index in [2.05, 4.69) is 75.9 Å².